The van der Waals surface area contributed by atoms with Crippen LogP contribution >= 0.6 is 11.3 Å². The molecule has 1 amide bonds. The number of hydrogen-bond acceptors (Lipinski definition) is 5. The molecule has 0 unspecified atom stereocenters. The molecule has 28 heavy (non-hydrogen) atoms. The summed E-state index contributed by atoms with van der Waals surface area (Å²) < 4.78 is 0. The normalized spacial score (nSPS) is 14.0. The van der Waals surface area contributed by atoms with E-state index in [2.05, 4.69) is 27.4 Å². The van der Waals surface area contributed by atoms with Crippen molar-refractivity contribution >= 4 is 27.5 Å². The minimum absolute atomic E-state index is 0.0158. The smallest absolute Gasteiger partial charge is 0.260 e. The summed E-state index contributed by atoms with van der Waals surface area (Å²) >= 11 is 1.53. The fourth-order valence-corrected chi connectivity index (χ4v) is 4.43. The van der Waals surface area contributed by atoms with Crippen LogP contribution in [0.3, 0.4) is 0 Å². The van der Waals surface area contributed by atoms with Crippen molar-refractivity contribution < 1.29 is 4.79 Å². The van der Waals surface area contributed by atoms with E-state index in [4.69, 9.17) is 0 Å². The largest absolute Gasteiger partial charge is 0.352 e. The molecule has 2 heterocycles. The van der Waals surface area contributed by atoms with Crippen molar-refractivity contribution in [2.24, 2.45) is 0 Å². The van der Waals surface area contributed by atoms with Crippen molar-refractivity contribution in [1.82, 2.24) is 20.2 Å². The average Bonchev–Trinajstić information content (AvgIpc) is 3.36. The lowest BCUT2D eigenvalue weighted by molar-refractivity contribution is -0.122. The molecule has 7 heteroatoms. The predicted octanol–water partition coefficient (Wildman–Crippen LogP) is 2.98. The van der Waals surface area contributed by atoms with E-state index in [1.54, 1.807) is 0 Å². The number of hydrogen-bond donors (Lipinski definition) is 2. The van der Waals surface area contributed by atoms with Crippen LogP contribution in [-0.4, -0.2) is 40.4 Å². The first kappa shape index (κ1) is 18.8. The van der Waals surface area contributed by atoms with E-state index in [1.807, 2.05) is 37.9 Å². The number of carbonyl (C=O) groups excluding carboxylic acids is 1. The molecule has 0 radical (unpaired) electrons. The molecule has 3 aromatic rings. The number of H-pyrrole nitrogens is 1. The zero-order valence-electron chi connectivity index (χ0n) is 16.3. The molecule has 146 valence electrons. The standard InChI is InChI=1S/C21H24N4O2S/c1-12-4-6-14(7-5-12)18-13(2)28-21-19(18)20(27)23-16(24-21)10-25(3)11-17(26)22-15-8-9-15/h4-7,15H,8-11H2,1-3H3,(H,22,26)(H,23,24,27). The maximum atomic E-state index is 12.8. The SMILES string of the molecule is Cc1ccc(-c2c(C)sc3nc(CN(C)CC(=O)NC4CC4)[nH]c(=O)c23)cc1. The van der Waals surface area contributed by atoms with Crippen LogP contribution in [0.15, 0.2) is 29.1 Å². The fraction of sp³-hybridized carbons (Fsp3) is 0.381. The van der Waals surface area contributed by atoms with Crippen LogP contribution < -0.4 is 10.9 Å². The highest BCUT2D eigenvalue weighted by Crippen LogP contribution is 2.35. The highest BCUT2D eigenvalue weighted by atomic mass is 32.1. The molecular formula is C21H24N4O2S. The van der Waals surface area contributed by atoms with Crippen LogP contribution in [0, 0.1) is 13.8 Å². The van der Waals surface area contributed by atoms with Crippen molar-refractivity contribution in [1.29, 1.82) is 0 Å². The Kier molecular flexibility index (Phi) is 5.03. The van der Waals surface area contributed by atoms with E-state index in [-0.39, 0.29) is 18.0 Å². The maximum Gasteiger partial charge on any atom is 0.260 e. The zero-order valence-corrected chi connectivity index (χ0v) is 17.2. The average molecular weight is 397 g/mol. The summed E-state index contributed by atoms with van der Waals surface area (Å²) in [6.45, 7) is 4.77. The Morgan fingerprint density at radius 1 is 1.29 bits per heavy atom. The molecule has 1 fully saturated rings. The highest BCUT2D eigenvalue weighted by Gasteiger charge is 2.24. The van der Waals surface area contributed by atoms with E-state index in [0.29, 0.717) is 23.8 Å². The zero-order chi connectivity index (χ0) is 19.8. The van der Waals surface area contributed by atoms with Gasteiger partial charge in [-0.2, -0.15) is 0 Å². The number of amides is 1. The van der Waals surface area contributed by atoms with Crippen LogP contribution in [0.1, 0.15) is 29.1 Å². The monoisotopic (exact) mass is 396 g/mol. The minimum atomic E-state index is -0.129. The van der Waals surface area contributed by atoms with Gasteiger partial charge in [0.25, 0.3) is 5.56 Å². The first-order valence-electron chi connectivity index (χ1n) is 9.48. The summed E-state index contributed by atoms with van der Waals surface area (Å²) in [6, 6.07) is 8.54. The van der Waals surface area contributed by atoms with Crippen LogP contribution in [0.4, 0.5) is 0 Å². The third-order valence-electron chi connectivity index (χ3n) is 4.90. The summed E-state index contributed by atoms with van der Waals surface area (Å²) in [5, 5.41) is 3.62. The van der Waals surface area contributed by atoms with E-state index in [9.17, 15) is 9.59 Å². The quantitative estimate of drug-likeness (QED) is 0.671. The molecular weight excluding hydrogens is 372 g/mol. The van der Waals surface area contributed by atoms with Crippen LogP contribution in [-0.2, 0) is 11.3 Å². The number of carbonyl (C=O) groups is 1. The number of nitrogens with one attached hydrogen (secondary N) is 2. The van der Waals surface area contributed by atoms with Gasteiger partial charge in [0, 0.05) is 16.5 Å². The topological polar surface area (TPSA) is 78.1 Å². The van der Waals surface area contributed by atoms with E-state index < -0.39 is 0 Å². The Bertz CT molecular complexity index is 1080. The molecule has 1 aromatic carbocycles. The van der Waals surface area contributed by atoms with Crippen LogP contribution in [0.2, 0.25) is 0 Å². The molecule has 0 bridgehead atoms. The van der Waals surface area contributed by atoms with Gasteiger partial charge in [0.1, 0.15) is 10.7 Å². The van der Waals surface area contributed by atoms with Gasteiger partial charge in [-0.1, -0.05) is 29.8 Å². The molecule has 1 aliphatic carbocycles. The van der Waals surface area contributed by atoms with E-state index >= 15 is 0 Å². The van der Waals surface area contributed by atoms with Crippen LogP contribution in [0.25, 0.3) is 21.3 Å². The van der Waals surface area contributed by atoms with Gasteiger partial charge in [0.15, 0.2) is 0 Å². The van der Waals surface area contributed by atoms with Gasteiger partial charge >= 0.3 is 0 Å². The molecule has 6 nitrogen and oxygen atoms in total. The molecule has 0 aliphatic heterocycles. The number of rotatable bonds is 6. The number of likely N-dealkylation sites (N-methyl/N-ethyl adjacent to an activating group) is 1. The number of aromatic amines is 1. The number of thiophene rings is 1. The third-order valence-corrected chi connectivity index (χ3v) is 5.90. The lowest BCUT2D eigenvalue weighted by Gasteiger charge is -2.15. The van der Waals surface area contributed by atoms with Crippen molar-refractivity contribution in [2.45, 2.75) is 39.3 Å². The summed E-state index contributed by atoms with van der Waals surface area (Å²) in [6.07, 6.45) is 2.14. The second-order valence-corrected chi connectivity index (χ2v) is 8.81. The van der Waals surface area contributed by atoms with Gasteiger partial charge in [0.05, 0.1) is 18.5 Å². The second kappa shape index (κ2) is 7.48. The van der Waals surface area contributed by atoms with E-state index in [0.717, 1.165) is 33.7 Å². The Hall–Kier alpha value is -2.51. The number of benzene rings is 1. The van der Waals surface area contributed by atoms with Gasteiger partial charge in [-0.3, -0.25) is 14.5 Å². The molecule has 0 saturated heterocycles. The first-order chi connectivity index (χ1) is 13.4. The molecule has 4 rings (SSSR count). The fourth-order valence-electron chi connectivity index (χ4n) is 3.36. The molecule has 2 aromatic heterocycles. The van der Waals surface area contributed by atoms with Gasteiger partial charge in [-0.25, -0.2) is 4.98 Å². The lowest BCUT2D eigenvalue weighted by Crippen LogP contribution is -2.36. The maximum absolute atomic E-state index is 12.8. The highest BCUT2D eigenvalue weighted by molar-refractivity contribution is 7.19. The summed E-state index contributed by atoms with van der Waals surface area (Å²) in [5.41, 5.74) is 3.04. The molecule has 0 spiro atoms. The third kappa shape index (κ3) is 4.00. The van der Waals surface area contributed by atoms with E-state index in [1.165, 1.54) is 16.9 Å². The Balaban J connectivity index is 1.59. The van der Waals surface area contributed by atoms with Crippen molar-refractivity contribution in [3.05, 3.63) is 50.9 Å². The minimum Gasteiger partial charge on any atom is -0.352 e. The van der Waals surface area contributed by atoms with Gasteiger partial charge in [-0.05, 0) is 39.3 Å². The number of fused-ring (bicyclic) bond motifs is 1. The van der Waals surface area contributed by atoms with Gasteiger partial charge < -0.3 is 10.3 Å². The van der Waals surface area contributed by atoms with Crippen molar-refractivity contribution in [2.75, 3.05) is 13.6 Å². The second-order valence-electron chi connectivity index (χ2n) is 7.61. The molecule has 2 N–H and O–H groups in total. The number of aryl methyl sites for hydroxylation is 2. The first-order valence-corrected chi connectivity index (χ1v) is 10.3. The lowest BCUT2D eigenvalue weighted by atomic mass is 10.0. The molecule has 1 saturated carbocycles. The van der Waals surface area contributed by atoms with Gasteiger partial charge in [-0.15, -0.1) is 11.3 Å². The Morgan fingerprint density at radius 3 is 2.68 bits per heavy atom. The summed E-state index contributed by atoms with van der Waals surface area (Å²) in [4.78, 5) is 36.1. The summed E-state index contributed by atoms with van der Waals surface area (Å²) in [7, 11) is 1.86. The molecule has 0 atom stereocenters. The molecule has 1 aliphatic rings. The van der Waals surface area contributed by atoms with Crippen molar-refractivity contribution in [3.63, 3.8) is 0 Å². The van der Waals surface area contributed by atoms with Gasteiger partial charge in [0.2, 0.25) is 5.91 Å². The number of aromatic nitrogens is 2. The Labute approximate surface area is 167 Å². The summed E-state index contributed by atoms with van der Waals surface area (Å²) in [5.74, 6) is 0.595. The predicted molar refractivity (Wildman–Crippen MR) is 113 cm³/mol. The number of nitrogens with zero attached hydrogens (tertiary/aromatic N) is 2. The Morgan fingerprint density at radius 2 is 2.00 bits per heavy atom. The van der Waals surface area contributed by atoms with Crippen LogP contribution in [0.5, 0.6) is 0 Å². The van der Waals surface area contributed by atoms with Crippen molar-refractivity contribution in [3.8, 4) is 11.1 Å².